The summed E-state index contributed by atoms with van der Waals surface area (Å²) in [5.41, 5.74) is 8.50. The van der Waals surface area contributed by atoms with Crippen molar-refractivity contribution in [3.8, 4) is 17.6 Å². The number of Topliss-reactive ketones (excluding diaryl/α,β-unsaturated/α-hetero) is 1. The van der Waals surface area contributed by atoms with Crippen LogP contribution in [0, 0.1) is 17.1 Å². The molecule has 1 atom stereocenters. The van der Waals surface area contributed by atoms with Crippen LogP contribution < -0.4 is 20.1 Å². The number of nitriles is 1. The lowest BCUT2D eigenvalue weighted by atomic mass is 9.75. The maximum atomic E-state index is 15.0. The predicted molar refractivity (Wildman–Crippen MR) is 122 cm³/mol. The number of nitrogens with two attached hydrogens (primary N) is 1. The number of benzene rings is 2. The molecule has 0 bridgehead atoms. The van der Waals surface area contributed by atoms with Crippen LogP contribution in [0.3, 0.4) is 0 Å². The van der Waals surface area contributed by atoms with E-state index in [1.807, 2.05) is 0 Å². The molecule has 0 fully saturated rings. The molecular weight excluding hydrogens is 477 g/mol. The highest BCUT2D eigenvalue weighted by Gasteiger charge is 2.42. The van der Waals surface area contributed by atoms with Crippen molar-refractivity contribution in [1.82, 2.24) is 0 Å². The summed E-state index contributed by atoms with van der Waals surface area (Å²) in [5.74, 6) is -0.182. The van der Waals surface area contributed by atoms with E-state index in [1.54, 1.807) is 30.3 Å². The van der Waals surface area contributed by atoms with Gasteiger partial charge < -0.3 is 15.2 Å². The fourth-order valence-electron chi connectivity index (χ4n) is 4.40. The summed E-state index contributed by atoms with van der Waals surface area (Å²) in [6.45, 7) is 0. The minimum absolute atomic E-state index is 0.0936. The molecule has 2 N–H and O–H groups in total. The van der Waals surface area contributed by atoms with E-state index in [0.29, 0.717) is 52.1 Å². The molecule has 1 heterocycles. The van der Waals surface area contributed by atoms with E-state index in [-0.39, 0.29) is 22.9 Å². The topological polar surface area (TPSA) is 88.6 Å². The Morgan fingerprint density at radius 3 is 2.62 bits per heavy atom. The molecule has 32 heavy (non-hydrogen) atoms. The highest BCUT2D eigenvalue weighted by atomic mass is 79.9. The molecule has 2 aliphatic rings. The maximum Gasteiger partial charge on any atom is 0.161 e. The van der Waals surface area contributed by atoms with Gasteiger partial charge in [-0.1, -0.05) is 15.9 Å². The van der Waals surface area contributed by atoms with E-state index in [0.717, 1.165) is 0 Å². The molecule has 0 unspecified atom stereocenters. The molecule has 0 aromatic heterocycles. The third-order valence-electron chi connectivity index (χ3n) is 5.81. The summed E-state index contributed by atoms with van der Waals surface area (Å²) in [6.07, 6.45) is 1.49. The summed E-state index contributed by atoms with van der Waals surface area (Å²) in [7, 11) is 3.06. The van der Waals surface area contributed by atoms with E-state index in [1.165, 1.54) is 25.2 Å². The Labute approximate surface area is 193 Å². The molecule has 2 aromatic carbocycles. The Morgan fingerprint density at radius 2 is 1.97 bits per heavy atom. The normalized spacial score (nSPS) is 18.4. The Hall–Kier alpha value is -3.31. The minimum atomic E-state index is -0.734. The van der Waals surface area contributed by atoms with Crippen molar-refractivity contribution in [2.75, 3.05) is 19.1 Å². The van der Waals surface area contributed by atoms with Gasteiger partial charge in [0.05, 0.1) is 37.5 Å². The lowest BCUT2D eigenvalue weighted by Crippen LogP contribution is -2.39. The first kappa shape index (κ1) is 21.9. The van der Waals surface area contributed by atoms with E-state index < -0.39 is 11.7 Å². The van der Waals surface area contributed by atoms with Crippen LogP contribution in [0.1, 0.15) is 30.7 Å². The monoisotopic (exact) mass is 497 g/mol. The number of rotatable bonds is 4. The van der Waals surface area contributed by atoms with Gasteiger partial charge in [-0.2, -0.15) is 5.26 Å². The van der Waals surface area contributed by atoms with Gasteiger partial charge in [0.15, 0.2) is 5.78 Å². The van der Waals surface area contributed by atoms with Crippen LogP contribution >= 0.6 is 15.9 Å². The quantitative estimate of drug-likeness (QED) is 0.645. The Bertz CT molecular complexity index is 1220. The molecule has 0 saturated carbocycles. The van der Waals surface area contributed by atoms with Crippen molar-refractivity contribution in [3.63, 3.8) is 0 Å². The van der Waals surface area contributed by atoms with E-state index >= 15 is 0 Å². The van der Waals surface area contributed by atoms with Gasteiger partial charge in [0.2, 0.25) is 0 Å². The van der Waals surface area contributed by atoms with Gasteiger partial charge >= 0.3 is 0 Å². The van der Waals surface area contributed by atoms with Crippen LogP contribution in [0.4, 0.5) is 10.1 Å². The molecule has 0 amide bonds. The van der Waals surface area contributed by atoms with Gasteiger partial charge in [-0.05, 0) is 49.2 Å². The Balaban J connectivity index is 2.02. The van der Waals surface area contributed by atoms with Gasteiger partial charge in [-0.25, -0.2) is 4.39 Å². The van der Waals surface area contributed by atoms with E-state index in [2.05, 4.69) is 22.0 Å². The zero-order valence-electron chi connectivity index (χ0n) is 17.6. The first-order chi connectivity index (χ1) is 15.4. The molecule has 6 nitrogen and oxygen atoms in total. The molecule has 0 radical (unpaired) electrons. The zero-order chi connectivity index (χ0) is 23.0. The van der Waals surface area contributed by atoms with Crippen molar-refractivity contribution < 1.29 is 18.7 Å². The van der Waals surface area contributed by atoms with E-state index in [9.17, 15) is 14.4 Å². The van der Waals surface area contributed by atoms with E-state index in [4.69, 9.17) is 15.2 Å². The summed E-state index contributed by atoms with van der Waals surface area (Å²) in [6, 6.07) is 12.0. The summed E-state index contributed by atoms with van der Waals surface area (Å²) in [4.78, 5) is 14.7. The Morgan fingerprint density at radius 1 is 1.19 bits per heavy atom. The molecule has 0 spiro atoms. The number of hydrogen-bond acceptors (Lipinski definition) is 6. The first-order valence-corrected chi connectivity index (χ1v) is 10.8. The van der Waals surface area contributed by atoms with Crippen molar-refractivity contribution in [3.05, 3.63) is 74.9 Å². The smallest absolute Gasteiger partial charge is 0.161 e. The number of anilines is 1. The average Bonchev–Trinajstić information content (AvgIpc) is 2.79. The van der Waals surface area contributed by atoms with Gasteiger partial charge in [-0.15, -0.1) is 0 Å². The van der Waals surface area contributed by atoms with Crippen LogP contribution in [-0.2, 0) is 4.79 Å². The molecular formula is C24H21BrFN3O3. The highest BCUT2D eigenvalue weighted by Crippen LogP contribution is 2.49. The van der Waals surface area contributed by atoms with Crippen LogP contribution in [-0.4, -0.2) is 20.0 Å². The highest BCUT2D eigenvalue weighted by molar-refractivity contribution is 9.10. The van der Waals surface area contributed by atoms with Crippen molar-refractivity contribution in [1.29, 1.82) is 5.26 Å². The molecule has 1 aliphatic heterocycles. The van der Waals surface area contributed by atoms with Crippen molar-refractivity contribution in [2.45, 2.75) is 25.2 Å². The summed E-state index contributed by atoms with van der Waals surface area (Å²) in [5, 5.41) is 10.1. The van der Waals surface area contributed by atoms with Crippen LogP contribution in [0.15, 0.2) is 63.5 Å². The molecule has 8 heteroatoms. The predicted octanol–water partition coefficient (Wildman–Crippen LogP) is 4.91. The Kier molecular flexibility index (Phi) is 5.94. The second kappa shape index (κ2) is 8.67. The number of carbonyl (C=O) groups excluding carboxylic acids is 1. The maximum absolute atomic E-state index is 15.0. The first-order valence-electron chi connectivity index (χ1n) is 10.0. The number of allylic oxidation sites excluding steroid dienone is 3. The number of methoxy groups -OCH3 is 2. The molecule has 4 rings (SSSR count). The van der Waals surface area contributed by atoms with Crippen molar-refractivity contribution in [2.24, 2.45) is 5.73 Å². The minimum Gasteiger partial charge on any atom is -0.497 e. The molecule has 2 aromatic rings. The van der Waals surface area contributed by atoms with Gasteiger partial charge in [-0.3, -0.25) is 9.69 Å². The number of halogens is 2. The van der Waals surface area contributed by atoms with Crippen molar-refractivity contribution >= 4 is 27.4 Å². The standard InChI is InChI=1S/C24H21BrFN3O3/c1-31-14-7-9-21(32-2)15(11-14)22-16(12-27)24(28)29(18-8-6-13(25)10-17(18)26)19-4-3-5-20(30)23(19)22/h6-11,22H,3-5,28H2,1-2H3/t22-/m1/s1. The van der Waals surface area contributed by atoms with Gasteiger partial charge in [0.25, 0.3) is 0 Å². The van der Waals surface area contributed by atoms with Gasteiger partial charge in [0, 0.05) is 27.7 Å². The summed E-state index contributed by atoms with van der Waals surface area (Å²) >= 11 is 3.26. The third kappa shape index (κ3) is 3.53. The number of ketones is 1. The number of hydrogen-bond donors (Lipinski definition) is 1. The molecule has 164 valence electrons. The SMILES string of the molecule is COc1ccc(OC)c([C@@H]2C(C#N)=C(N)N(c3ccc(Br)cc3F)C3=C2C(=O)CCC3)c1. The number of carbonyl (C=O) groups is 1. The lowest BCUT2D eigenvalue weighted by Gasteiger charge is -2.40. The second-order valence-corrected chi connectivity index (χ2v) is 8.44. The average molecular weight is 498 g/mol. The lowest BCUT2D eigenvalue weighted by molar-refractivity contribution is -0.116. The second-order valence-electron chi connectivity index (χ2n) is 7.52. The van der Waals surface area contributed by atoms with Gasteiger partial charge in [0.1, 0.15) is 23.1 Å². The third-order valence-corrected chi connectivity index (χ3v) is 6.31. The zero-order valence-corrected chi connectivity index (χ0v) is 19.2. The number of ether oxygens (including phenoxy) is 2. The largest absolute Gasteiger partial charge is 0.497 e. The molecule has 0 saturated heterocycles. The number of nitrogens with zero attached hydrogens (tertiary/aromatic N) is 2. The van der Waals surface area contributed by atoms with Crippen LogP contribution in [0.25, 0.3) is 0 Å². The van der Waals surface area contributed by atoms with Crippen LogP contribution in [0.2, 0.25) is 0 Å². The summed E-state index contributed by atoms with van der Waals surface area (Å²) < 4.78 is 26.4. The fourth-order valence-corrected chi connectivity index (χ4v) is 4.73. The molecule has 1 aliphatic carbocycles. The van der Waals surface area contributed by atoms with Crippen LogP contribution in [0.5, 0.6) is 11.5 Å². The fraction of sp³-hybridized carbons (Fsp3) is 0.250.